The molecule has 1 amide bonds. The quantitative estimate of drug-likeness (QED) is 0.870. The molecule has 0 spiro atoms. The number of hydrogen-bond donors (Lipinski definition) is 1. The predicted octanol–water partition coefficient (Wildman–Crippen LogP) is 3.15. The van der Waals surface area contributed by atoms with Crippen LogP contribution < -0.4 is 10.1 Å². The minimum absolute atomic E-state index is 0.141. The first kappa shape index (κ1) is 13.8. The van der Waals surface area contributed by atoms with Gasteiger partial charge < -0.3 is 10.1 Å². The van der Waals surface area contributed by atoms with Crippen LogP contribution in [0.2, 0.25) is 5.15 Å². The molecule has 0 aliphatic rings. The van der Waals surface area contributed by atoms with Crippen LogP contribution in [0.5, 0.6) is 5.88 Å². The van der Waals surface area contributed by atoms with E-state index in [1.54, 1.807) is 18.2 Å². The molecule has 0 unspecified atom stereocenters. The highest BCUT2D eigenvalue weighted by Gasteiger charge is 2.12. The van der Waals surface area contributed by atoms with E-state index in [4.69, 9.17) is 16.3 Å². The Labute approximate surface area is 123 Å². The van der Waals surface area contributed by atoms with Crippen LogP contribution in [0, 0.1) is 0 Å². The Hall–Kier alpha value is -1.66. The molecule has 0 radical (unpaired) electrons. The summed E-state index contributed by atoms with van der Waals surface area (Å²) in [7, 11) is 1.52. The molecule has 0 saturated carbocycles. The Morgan fingerprint density at radius 3 is 2.79 bits per heavy atom. The van der Waals surface area contributed by atoms with Crippen molar-refractivity contribution in [2.45, 2.75) is 0 Å². The summed E-state index contributed by atoms with van der Waals surface area (Å²) in [5.74, 6) is 0.117. The van der Waals surface area contributed by atoms with Crippen LogP contribution in [0.25, 0.3) is 0 Å². The van der Waals surface area contributed by atoms with Crippen molar-refractivity contribution in [1.29, 1.82) is 0 Å². The van der Waals surface area contributed by atoms with Gasteiger partial charge in [0.05, 0.1) is 24.6 Å². The Balaban J connectivity index is 2.18. The number of pyridine rings is 2. The first-order chi connectivity index (χ1) is 9.10. The van der Waals surface area contributed by atoms with Crippen molar-refractivity contribution in [1.82, 2.24) is 9.97 Å². The zero-order valence-electron chi connectivity index (χ0n) is 9.85. The summed E-state index contributed by atoms with van der Waals surface area (Å²) in [6.45, 7) is 0. The third-order valence-electron chi connectivity index (χ3n) is 2.25. The first-order valence-electron chi connectivity index (χ1n) is 5.22. The van der Waals surface area contributed by atoms with Gasteiger partial charge in [0.1, 0.15) is 5.15 Å². The van der Waals surface area contributed by atoms with Crippen molar-refractivity contribution in [2.75, 3.05) is 12.4 Å². The van der Waals surface area contributed by atoms with Crippen molar-refractivity contribution in [3.05, 3.63) is 45.8 Å². The summed E-state index contributed by atoms with van der Waals surface area (Å²) >= 11 is 9.12. The number of anilines is 1. The summed E-state index contributed by atoms with van der Waals surface area (Å²) in [6, 6.07) is 4.93. The molecular formula is C12H9BrClN3O2. The van der Waals surface area contributed by atoms with E-state index < -0.39 is 0 Å². The third kappa shape index (κ3) is 3.42. The average molecular weight is 343 g/mol. The molecule has 2 aromatic rings. The zero-order valence-corrected chi connectivity index (χ0v) is 12.2. The number of rotatable bonds is 3. The van der Waals surface area contributed by atoms with Gasteiger partial charge in [0.2, 0.25) is 5.88 Å². The Morgan fingerprint density at radius 1 is 1.37 bits per heavy atom. The number of amides is 1. The van der Waals surface area contributed by atoms with Crippen molar-refractivity contribution in [2.24, 2.45) is 0 Å². The van der Waals surface area contributed by atoms with E-state index in [0.717, 1.165) is 0 Å². The second-order valence-electron chi connectivity index (χ2n) is 3.54. The number of carbonyl (C=O) groups is 1. The number of halogens is 2. The van der Waals surface area contributed by atoms with Crippen LogP contribution in [-0.4, -0.2) is 23.0 Å². The number of methoxy groups -OCH3 is 1. The van der Waals surface area contributed by atoms with Crippen LogP contribution >= 0.6 is 27.5 Å². The van der Waals surface area contributed by atoms with Crippen LogP contribution in [0.3, 0.4) is 0 Å². The molecule has 0 aliphatic heterocycles. The fourth-order valence-electron chi connectivity index (χ4n) is 1.36. The molecule has 0 aromatic carbocycles. The lowest BCUT2D eigenvalue weighted by molar-refractivity contribution is 0.102. The Bertz CT molecular complexity index is 604. The van der Waals surface area contributed by atoms with Gasteiger partial charge in [-0.25, -0.2) is 9.97 Å². The molecule has 19 heavy (non-hydrogen) atoms. The Morgan fingerprint density at radius 2 is 2.16 bits per heavy atom. The minimum Gasteiger partial charge on any atom is -0.481 e. The molecule has 1 N–H and O–H groups in total. The molecule has 7 heteroatoms. The molecule has 5 nitrogen and oxygen atoms in total. The predicted molar refractivity (Wildman–Crippen MR) is 75.7 cm³/mol. The topological polar surface area (TPSA) is 64.1 Å². The lowest BCUT2D eigenvalue weighted by atomic mass is 10.2. The standard InChI is InChI=1S/C12H9BrClN3O2/c1-19-10-3-2-8(6-15-10)17-12(18)9-4-7(13)5-16-11(9)14/h2-6H,1H3,(H,17,18). The van der Waals surface area contributed by atoms with E-state index in [1.165, 1.54) is 19.5 Å². The number of ether oxygens (including phenoxy) is 1. The second kappa shape index (κ2) is 5.99. The smallest absolute Gasteiger partial charge is 0.258 e. The largest absolute Gasteiger partial charge is 0.481 e. The molecule has 0 atom stereocenters. The van der Waals surface area contributed by atoms with E-state index in [-0.39, 0.29) is 16.6 Å². The lowest BCUT2D eigenvalue weighted by Crippen LogP contribution is -2.13. The second-order valence-corrected chi connectivity index (χ2v) is 4.81. The van der Waals surface area contributed by atoms with Crippen LogP contribution in [-0.2, 0) is 0 Å². The number of nitrogens with one attached hydrogen (secondary N) is 1. The van der Waals surface area contributed by atoms with Gasteiger partial charge in [0, 0.05) is 16.7 Å². The van der Waals surface area contributed by atoms with Crippen molar-refractivity contribution < 1.29 is 9.53 Å². The number of carbonyl (C=O) groups excluding carboxylic acids is 1. The normalized spacial score (nSPS) is 10.1. The molecular weight excluding hydrogens is 334 g/mol. The van der Waals surface area contributed by atoms with Gasteiger partial charge in [-0.2, -0.15) is 0 Å². The highest BCUT2D eigenvalue weighted by molar-refractivity contribution is 9.10. The monoisotopic (exact) mass is 341 g/mol. The van der Waals surface area contributed by atoms with Crippen molar-refractivity contribution >= 4 is 39.1 Å². The van der Waals surface area contributed by atoms with Gasteiger partial charge in [-0.05, 0) is 28.1 Å². The zero-order chi connectivity index (χ0) is 13.8. The molecule has 0 aliphatic carbocycles. The number of nitrogens with zero attached hydrogens (tertiary/aromatic N) is 2. The molecule has 2 rings (SSSR count). The summed E-state index contributed by atoms with van der Waals surface area (Å²) in [6.07, 6.45) is 3.02. The van der Waals surface area contributed by atoms with Crippen molar-refractivity contribution in [3.63, 3.8) is 0 Å². The van der Waals surface area contributed by atoms with Crippen molar-refractivity contribution in [3.8, 4) is 5.88 Å². The maximum Gasteiger partial charge on any atom is 0.258 e. The fraction of sp³-hybridized carbons (Fsp3) is 0.0833. The third-order valence-corrected chi connectivity index (χ3v) is 2.99. The average Bonchev–Trinajstić information content (AvgIpc) is 2.42. The first-order valence-corrected chi connectivity index (χ1v) is 6.39. The highest BCUT2D eigenvalue weighted by Crippen LogP contribution is 2.20. The van der Waals surface area contributed by atoms with E-state index in [2.05, 4.69) is 31.2 Å². The van der Waals surface area contributed by atoms with Crippen LogP contribution in [0.15, 0.2) is 35.1 Å². The van der Waals surface area contributed by atoms with Gasteiger partial charge in [0.15, 0.2) is 0 Å². The minimum atomic E-state index is -0.356. The van der Waals surface area contributed by atoms with Gasteiger partial charge in [0.25, 0.3) is 5.91 Å². The lowest BCUT2D eigenvalue weighted by Gasteiger charge is -2.07. The van der Waals surface area contributed by atoms with E-state index >= 15 is 0 Å². The molecule has 2 aromatic heterocycles. The van der Waals surface area contributed by atoms with Gasteiger partial charge in [-0.1, -0.05) is 11.6 Å². The van der Waals surface area contributed by atoms with E-state index in [1.807, 2.05) is 0 Å². The molecule has 0 fully saturated rings. The summed E-state index contributed by atoms with van der Waals surface area (Å²) in [5.41, 5.74) is 0.828. The maximum atomic E-state index is 12.0. The summed E-state index contributed by atoms with van der Waals surface area (Å²) in [5, 5.41) is 2.82. The summed E-state index contributed by atoms with van der Waals surface area (Å²) in [4.78, 5) is 19.9. The van der Waals surface area contributed by atoms with E-state index in [0.29, 0.717) is 16.0 Å². The fourth-order valence-corrected chi connectivity index (χ4v) is 1.88. The maximum absolute atomic E-state index is 12.0. The molecule has 98 valence electrons. The van der Waals surface area contributed by atoms with Crippen LogP contribution in [0.4, 0.5) is 5.69 Å². The van der Waals surface area contributed by atoms with Crippen LogP contribution in [0.1, 0.15) is 10.4 Å². The number of hydrogen-bond acceptors (Lipinski definition) is 4. The molecule has 0 saturated heterocycles. The number of aromatic nitrogens is 2. The highest BCUT2D eigenvalue weighted by atomic mass is 79.9. The van der Waals surface area contributed by atoms with Gasteiger partial charge >= 0.3 is 0 Å². The Kier molecular flexibility index (Phi) is 4.34. The van der Waals surface area contributed by atoms with Gasteiger partial charge in [-0.15, -0.1) is 0 Å². The van der Waals surface area contributed by atoms with E-state index in [9.17, 15) is 4.79 Å². The SMILES string of the molecule is COc1ccc(NC(=O)c2cc(Br)cnc2Cl)cn1. The molecule has 0 bridgehead atoms. The summed E-state index contributed by atoms with van der Waals surface area (Å²) < 4.78 is 5.61. The van der Waals surface area contributed by atoms with Gasteiger partial charge in [-0.3, -0.25) is 4.79 Å². The molecule has 2 heterocycles.